The fourth-order valence-corrected chi connectivity index (χ4v) is 2.43. The lowest BCUT2D eigenvalue weighted by Gasteiger charge is -2.29. The highest BCUT2D eigenvalue weighted by atomic mass is 16.1. The first-order valence-electron chi connectivity index (χ1n) is 7.00. The quantitative estimate of drug-likeness (QED) is 0.832. The summed E-state index contributed by atoms with van der Waals surface area (Å²) in [6.45, 7) is 12.6. The van der Waals surface area contributed by atoms with E-state index < -0.39 is 0 Å². The summed E-state index contributed by atoms with van der Waals surface area (Å²) < 4.78 is 1.94. The minimum atomic E-state index is -0.287. The molecule has 0 saturated heterocycles. The molecule has 0 amide bonds. The number of imidazole rings is 1. The summed E-state index contributed by atoms with van der Waals surface area (Å²) in [5, 5.41) is 0. The first kappa shape index (κ1) is 15.9. The van der Waals surface area contributed by atoms with E-state index in [2.05, 4.69) is 25.8 Å². The largest absolute Gasteiger partial charge is 0.340 e. The number of aryl methyl sites for hydroxylation is 1. The fourth-order valence-electron chi connectivity index (χ4n) is 2.43. The van der Waals surface area contributed by atoms with E-state index in [-0.39, 0.29) is 16.7 Å². The molecule has 0 unspecified atom stereocenters. The molecule has 0 aliphatic rings. The summed E-state index contributed by atoms with van der Waals surface area (Å²) in [6, 6.07) is 0. The zero-order valence-corrected chi connectivity index (χ0v) is 13.4. The summed E-state index contributed by atoms with van der Waals surface area (Å²) in [6.07, 6.45) is 5.45. The van der Waals surface area contributed by atoms with Crippen molar-refractivity contribution < 1.29 is 4.79 Å². The third-order valence-electron chi connectivity index (χ3n) is 3.18. The van der Waals surface area contributed by atoms with Gasteiger partial charge in [0, 0.05) is 31.0 Å². The minimum Gasteiger partial charge on any atom is -0.340 e. The molecule has 0 radical (unpaired) electrons. The molecule has 0 aromatic carbocycles. The van der Waals surface area contributed by atoms with Crippen molar-refractivity contribution in [1.82, 2.24) is 9.55 Å². The van der Waals surface area contributed by atoms with Crippen LogP contribution < -0.4 is 0 Å². The maximum absolute atomic E-state index is 12.6. The Hall–Kier alpha value is -1.12. The van der Waals surface area contributed by atoms with E-state index in [1.807, 2.05) is 38.6 Å². The van der Waals surface area contributed by atoms with Crippen molar-refractivity contribution >= 4 is 5.78 Å². The molecular formula is C16H28N2O. The first-order valence-corrected chi connectivity index (χ1v) is 7.00. The highest BCUT2D eigenvalue weighted by Gasteiger charge is 2.32. The number of aromatic nitrogens is 2. The maximum Gasteiger partial charge on any atom is 0.141 e. The first-order chi connectivity index (χ1) is 8.49. The van der Waals surface area contributed by atoms with E-state index >= 15 is 0 Å². The molecule has 0 aliphatic carbocycles. The van der Waals surface area contributed by atoms with Gasteiger partial charge in [-0.3, -0.25) is 4.79 Å². The smallest absolute Gasteiger partial charge is 0.141 e. The van der Waals surface area contributed by atoms with E-state index in [0.717, 1.165) is 18.5 Å². The van der Waals surface area contributed by atoms with Crippen LogP contribution in [0.15, 0.2) is 12.5 Å². The number of nitrogens with zero attached hydrogens (tertiary/aromatic N) is 2. The highest BCUT2D eigenvalue weighted by molar-refractivity contribution is 5.86. The maximum atomic E-state index is 12.6. The van der Waals surface area contributed by atoms with Gasteiger partial charge in [-0.2, -0.15) is 0 Å². The number of Topliss-reactive ketones (excluding diaryl/α,β-unsaturated/α-hetero) is 1. The van der Waals surface area contributed by atoms with Gasteiger partial charge in [0.05, 0.1) is 12.0 Å². The molecule has 0 aliphatic heterocycles. The number of hydrogen-bond donors (Lipinski definition) is 0. The van der Waals surface area contributed by atoms with Gasteiger partial charge in [0.2, 0.25) is 0 Å². The molecule has 1 aromatic rings. The average Bonchev–Trinajstić information content (AvgIpc) is 2.58. The van der Waals surface area contributed by atoms with Crippen LogP contribution in [-0.4, -0.2) is 15.3 Å². The van der Waals surface area contributed by atoms with Crippen molar-refractivity contribution in [3.05, 3.63) is 18.2 Å². The Kier molecular flexibility index (Phi) is 4.59. The molecular weight excluding hydrogens is 236 g/mol. The molecule has 0 N–H and O–H groups in total. The third kappa shape index (κ3) is 5.17. The molecule has 1 aromatic heterocycles. The Labute approximate surface area is 117 Å². The van der Waals surface area contributed by atoms with Crippen molar-refractivity contribution in [2.45, 2.75) is 54.4 Å². The van der Waals surface area contributed by atoms with Crippen molar-refractivity contribution in [2.75, 3.05) is 0 Å². The Balaban J connectivity index is 2.90. The van der Waals surface area contributed by atoms with E-state index in [1.165, 1.54) is 0 Å². The number of rotatable bonds is 4. The van der Waals surface area contributed by atoms with Crippen molar-refractivity contribution in [1.29, 1.82) is 0 Å². The molecule has 3 nitrogen and oxygen atoms in total. The minimum absolute atomic E-state index is 0.0508. The summed E-state index contributed by atoms with van der Waals surface area (Å²) in [7, 11) is 1.96. The monoisotopic (exact) mass is 264 g/mol. The van der Waals surface area contributed by atoms with Gasteiger partial charge in [-0.15, -0.1) is 0 Å². The second-order valence-electron chi connectivity index (χ2n) is 7.81. The zero-order valence-electron chi connectivity index (χ0n) is 13.4. The molecule has 108 valence electrons. The Bertz CT molecular complexity index is 432. The third-order valence-corrected chi connectivity index (χ3v) is 3.18. The molecule has 0 fully saturated rings. The van der Waals surface area contributed by atoms with E-state index in [1.54, 1.807) is 6.33 Å². The predicted molar refractivity (Wildman–Crippen MR) is 78.9 cm³/mol. The molecule has 19 heavy (non-hydrogen) atoms. The van der Waals surface area contributed by atoms with E-state index in [9.17, 15) is 4.79 Å². The second kappa shape index (κ2) is 5.48. The van der Waals surface area contributed by atoms with Crippen LogP contribution in [0.5, 0.6) is 0 Å². The van der Waals surface area contributed by atoms with Crippen LogP contribution in [-0.2, 0) is 18.3 Å². The summed E-state index contributed by atoms with van der Waals surface area (Å²) in [5.41, 5.74) is 0.875. The standard InChI is InChI=1S/C16H28N2O/c1-15(2,3)9-12(14(19)16(4,5)6)8-13-10-18(7)11-17-13/h10-12H,8-9H2,1-7H3/t12-/m1/s1. The summed E-state index contributed by atoms with van der Waals surface area (Å²) >= 11 is 0. The molecule has 1 rings (SSSR count). The van der Waals surface area contributed by atoms with Crippen molar-refractivity contribution in [2.24, 2.45) is 23.8 Å². The van der Waals surface area contributed by atoms with Crippen LogP contribution in [0.25, 0.3) is 0 Å². The summed E-state index contributed by atoms with van der Waals surface area (Å²) in [5.74, 6) is 0.392. The number of hydrogen-bond acceptors (Lipinski definition) is 2. The van der Waals surface area contributed by atoms with Gasteiger partial charge in [0.1, 0.15) is 5.78 Å². The van der Waals surface area contributed by atoms with Crippen molar-refractivity contribution in [3.63, 3.8) is 0 Å². The van der Waals surface area contributed by atoms with Gasteiger partial charge in [0.15, 0.2) is 0 Å². The Morgan fingerprint density at radius 2 is 1.84 bits per heavy atom. The molecule has 0 spiro atoms. The van der Waals surface area contributed by atoms with Crippen molar-refractivity contribution in [3.8, 4) is 0 Å². The molecule has 1 heterocycles. The van der Waals surface area contributed by atoms with Crippen LogP contribution >= 0.6 is 0 Å². The lowest BCUT2D eigenvalue weighted by Crippen LogP contribution is -2.32. The van der Waals surface area contributed by atoms with Gasteiger partial charge in [-0.05, 0) is 11.8 Å². The summed E-state index contributed by atoms with van der Waals surface area (Å²) in [4.78, 5) is 17.0. The number of ketones is 1. The second-order valence-corrected chi connectivity index (χ2v) is 7.81. The zero-order chi connectivity index (χ0) is 14.8. The van der Waals surface area contributed by atoms with E-state index in [4.69, 9.17) is 0 Å². The fraction of sp³-hybridized carbons (Fsp3) is 0.750. The van der Waals surface area contributed by atoms with Gasteiger partial charge in [-0.1, -0.05) is 41.5 Å². The number of carbonyl (C=O) groups is 1. The average molecular weight is 264 g/mol. The SMILES string of the molecule is Cn1cnc(C[C@H](CC(C)(C)C)C(=O)C(C)(C)C)c1. The Morgan fingerprint density at radius 3 is 2.21 bits per heavy atom. The van der Waals surface area contributed by atoms with Gasteiger partial charge < -0.3 is 4.57 Å². The van der Waals surface area contributed by atoms with Crippen LogP contribution in [0.1, 0.15) is 53.7 Å². The lowest BCUT2D eigenvalue weighted by atomic mass is 9.74. The van der Waals surface area contributed by atoms with Gasteiger partial charge >= 0.3 is 0 Å². The van der Waals surface area contributed by atoms with Gasteiger partial charge in [0.25, 0.3) is 0 Å². The molecule has 1 atom stereocenters. The highest BCUT2D eigenvalue weighted by Crippen LogP contribution is 2.32. The molecule has 0 bridgehead atoms. The van der Waals surface area contributed by atoms with Gasteiger partial charge in [-0.25, -0.2) is 4.98 Å². The molecule has 3 heteroatoms. The van der Waals surface area contributed by atoms with Crippen LogP contribution in [0.3, 0.4) is 0 Å². The van der Waals surface area contributed by atoms with Crippen LogP contribution in [0.2, 0.25) is 0 Å². The van der Waals surface area contributed by atoms with E-state index in [0.29, 0.717) is 5.78 Å². The predicted octanol–water partition coefficient (Wildman–Crippen LogP) is 3.63. The lowest BCUT2D eigenvalue weighted by molar-refractivity contribution is -0.131. The number of carbonyl (C=O) groups excluding carboxylic acids is 1. The Morgan fingerprint density at radius 1 is 1.26 bits per heavy atom. The van der Waals surface area contributed by atoms with Crippen LogP contribution in [0.4, 0.5) is 0 Å². The normalized spacial score (nSPS) is 14.5. The van der Waals surface area contributed by atoms with Crippen LogP contribution in [0, 0.1) is 16.7 Å². The molecule has 0 saturated carbocycles. The topological polar surface area (TPSA) is 34.9 Å².